The van der Waals surface area contributed by atoms with Gasteiger partial charge in [-0.1, -0.05) is 48.0 Å². The maximum absolute atomic E-state index is 11.7. The fourth-order valence-electron chi connectivity index (χ4n) is 2.84. The Labute approximate surface area is 191 Å². The largest absolute Gasteiger partial charge is 0.357 e. The second-order valence-electron chi connectivity index (χ2n) is 6.76. The van der Waals surface area contributed by atoms with Crippen molar-refractivity contribution in [1.82, 2.24) is 15.4 Å². The lowest BCUT2D eigenvalue weighted by Gasteiger charge is -2.13. The average molecular weight is 530 g/mol. The number of benzene rings is 2. The van der Waals surface area contributed by atoms with E-state index in [0.29, 0.717) is 13.1 Å². The van der Waals surface area contributed by atoms with E-state index >= 15 is 0 Å². The van der Waals surface area contributed by atoms with Gasteiger partial charge in [-0.05, 0) is 50.1 Å². The SMILES string of the molecule is CCNC(=NCc1cccc(CS(=O)(=O)NC)c1)NCc1ccc(C)cc1C.I. The molecule has 0 aromatic heterocycles. The van der Waals surface area contributed by atoms with Crippen LogP contribution in [-0.4, -0.2) is 28.0 Å². The summed E-state index contributed by atoms with van der Waals surface area (Å²) in [6.45, 7) is 8.15. The quantitative estimate of drug-likeness (QED) is 0.278. The van der Waals surface area contributed by atoms with Crippen molar-refractivity contribution < 1.29 is 8.42 Å². The first-order valence-electron chi connectivity index (χ1n) is 9.40. The molecule has 0 aliphatic heterocycles. The third-order valence-electron chi connectivity index (χ3n) is 4.37. The van der Waals surface area contributed by atoms with E-state index in [9.17, 15) is 8.42 Å². The highest BCUT2D eigenvalue weighted by molar-refractivity contribution is 14.0. The molecule has 0 saturated heterocycles. The average Bonchev–Trinajstić information content (AvgIpc) is 2.65. The van der Waals surface area contributed by atoms with E-state index < -0.39 is 10.0 Å². The van der Waals surface area contributed by atoms with Gasteiger partial charge < -0.3 is 10.6 Å². The van der Waals surface area contributed by atoms with Crippen molar-refractivity contribution in [2.75, 3.05) is 13.6 Å². The highest BCUT2D eigenvalue weighted by Crippen LogP contribution is 2.11. The zero-order valence-electron chi connectivity index (χ0n) is 17.5. The number of aliphatic imine (C=N–C) groups is 1. The number of halogens is 1. The standard InChI is InChI=1S/C21H30N4O2S.HI/c1-5-23-21(25-14-20-10-9-16(2)11-17(20)3)24-13-18-7-6-8-19(12-18)15-28(26,27)22-4;/h6-12,22H,5,13-15H2,1-4H3,(H2,23,24,25);1H. The van der Waals surface area contributed by atoms with E-state index in [1.54, 1.807) is 0 Å². The number of guanidine groups is 1. The molecule has 0 radical (unpaired) electrons. The summed E-state index contributed by atoms with van der Waals surface area (Å²) in [5.41, 5.74) is 5.45. The van der Waals surface area contributed by atoms with Crippen molar-refractivity contribution in [3.05, 3.63) is 70.3 Å². The molecule has 0 spiro atoms. The van der Waals surface area contributed by atoms with E-state index in [2.05, 4.69) is 52.4 Å². The molecule has 0 aliphatic rings. The lowest BCUT2D eigenvalue weighted by atomic mass is 10.1. The van der Waals surface area contributed by atoms with Crippen LogP contribution in [0.4, 0.5) is 0 Å². The molecule has 0 amide bonds. The third-order valence-corrected chi connectivity index (χ3v) is 5.70. The molecule has 0 fully saturated rings. The van der Waals surface area contributed by atoms with Crippen molar-refractivity contribution in [3.63, 3.8) is 0 Å². The van der Waals surface area contributed by atoms with Crippen molar-refractivity contribution in [3.8, 4) is 0 Å². The maximum Gasteiger partial charge on any atom is 0.215 e. The molecule has 0 aliphatic carbocycles. The van der Waals surface area contributed by atoms with E-state index in [1.165, 1.54) is 23.7 Å². The molecule has 0 bridgehead atoms. The zero-order valence-corrected chi connectivity index (χ0v) is 20.6. The van der Waals surface area contributed by atoms with Gasteiger partial charge in [0.15, 0.2) is 5.96 Å². The minimum atomic E-state index is -3.29. The Morgan fingerprint density at radius 1 is 1.03 bits per heavy atom. The topological polar surface area (TPSA) is 82.6 Å². The summed E-state index contributed by atoms with van der Waals surface area (Å²) in [5.74, 6) is 0.697. The Balaban J connectivity index is 0.00000420. The highest BCUT2D eigenvalue weighted by atomic mass is 127. The van der Waals surface area contributed by atoms with Gasteiger partial charge in [0.2, 0.25) is 10.0 Å². The molecule has 160 valence electrons. The molecule has 6 nitrogen and oxygen atoms in total. The van der Waals surface area contributed by atoms with E-state index in [4.69, 9.17) is 0 Å². The number of hydrogen-bond acceptors (Lipinski definition) is 3. The van der Waals surface area contributed by atoms with E-state index in [1.807, 2.05) is 31.2 Å². The minimum Gasteiger partial charge on any atom is -0.357 e. The molecule has 2 rings (SSSR count). The fraction of sp³-hybridized carbons (Fsp3) is 0.381. The van der Waals surface area contributed by atoms with Gasteiger partial charge in [-0.2, -0.15) is 0 Å². The Kier molecular flexibility index (Phi) is 10.6. The molecule has 29 heavy (non-hydrogen) atoms. The molecule has 0 atom stereocenters. The molecule has 2 aromatic rings. The molecular weight excluding hydrogens is 499 g/mol. The number of nitrogens with zero attached hydrogens (tertiary/aromatic N) is 1. The second kappa shape index (κ2) is 12.1. The molecule has 0 unspecified atom stereocenters. The van der Waals surface area contributed by atoms with Gasteiger partial charge in [-0.3, -0.25) is 0 Å². The summed E-state index contributed by atoms with van der Waals surface area (Å²) < 4.78 is 25.8. The van der Waals surface area contributed by atoms with Crippen molar-refractivity contribution in [2.24, 2.45) is 4.99 Å². The summed E-state index contributed by atoms with van der Waals surface area (Å²) in [6, 6.07) is 13.9. The van der Waals surface area contributed by atoms with Crippen LogP contribution in [0.1, 0.15) is 34.7 Å². The predicted molar refractivity (Wildman–Crippen MR) is 131 cm³/mol. The monoisotopic (exact) mass is 530 g/mol. The van der Waals surface area contributed by atoms with Crippen LogP contribution >= 0.6 is 24.0 Å². The number of hydrogen-bond donors (Lipinski definition) is 3. The number of sulfonamides is 1. The van der Waals surface area contributed by atoms with E-state index in [-0.39, 0.29) is 29.7 Å². The lowest BCUT2D eigenvalue weighted by molar-refractivity contribution is 0.587. The van der Waals surface area contributed by atoms with Crippen molar-refractivity contribution >= 4 is 40.0 Å². The second-order valence-corrected chi connectivity index (χ2v) is 8.69. The maximum atomic E-state index is 11.7. The molecule has 2 aromatic carbocycles. The van der Waals surface area contributed by atoms with Crippen LogP contribution < -0.4 is 15.4 Å². The summed E-state index contributed by atoms with van der Waals surface area (Å²) in [4.78, 5) is 4.63. The summed E-state index contributed by atoms with van der Waals surface area (Å²) >= 11 is 0. The van der Waals surface area contributed by atoms with Crippen LogP contribution in [-0.2, 0) is 28.9 Å². The van der Waals surface area contributed by atoms with Gasteiger partial charge in [-0.25, -0.2) is 18.1 Å². The normalized spacial score (nSPS) is 11.7. The van der Waals surface area contributed by atoms with Gasteiger partial charge in [0.25, 0.3) is 0 Å². The minimum absolute atomic E-state index is 0. The molecule has 8 heteroatoms. The molecule has 0 heterocycles. The number of aryl methyl sites for hydroxylation is 2. The summed E-state index contributed by atoms with van der Waals surface area (Å²) in [5, 5.41) is 6.61. The zero-order chi connectivity index (χ0) is 20.6. The van der Waals surface area contributed by atoms with Crippen LogP contribution in [0.25, 0.3) is 0 Å². The predicted octanol–water partition coefficient (Wildman–Crippen LogP) is 3.23. The summed E-state index contributed by atoms with van der Waals surface area (Å²) in [7, 11) is -1.86. The Bertz CT molecular complexity index is 930. The van der Waals surface area contributed by atoms with Crippen LogP contribution in [0.2, 0.25) is 0 Å². The van der Waals surface area contributed by atoms with Gasteiger partial charge >= 0.3 is 0 Å². The van der Waals surface area contributed by atoms with E-state index in [0.717, 1.165) is 23.6 Å². The number of nitrogens with one attached hydrogen (secondary N) is 3. The Hall–Kier alpha value is -1.65. The lowest BCUT2D eigenvalue weighted by Crippen LogP contribution is -2.36. The first-order chi connectivity index (χ1) is 13.3. The number of rotatable bonds is 8. The van der Waals surface area contributed by atoms with Crippen LogP contribution in [0.15, 0.2) is 47.5 Å². The Morgan fingerprint density at radius 3 is 2.41 bits per heavy atom. The Morgan fingerprint density at radius 2 is 1.76 bits per heavy atom. The molecular formula is C21H31IN4O2S. The molecule has 0 saturated carbocycles. The fourth-order valence-corrected chi connectivity index (χ4v) is 3.61. The smallest absolute Gasteiger partial charge is 0.215 e. The summed E-state index contributed by atoms with van der Waals surface area (Å²) in [6.07, 6.45) is 0. The third kappa shape index (κ3) is 8.71. The van der Waals surface area contributed by atoms with Crippen LogP contribution in [0, 0.1) is 13.8 Å². The first kappa shape index (κ1) is 25.4. The van der Waals surface area contributed by atoms with Gasteiger partial charge in [0, 0.05) is 13.1 Å². The van der Waals surface area contributed by atoms with Crippen molar-refractivity contribution in [1.29, 1.82) is 0 Å². The first-order valence-corrected chi connectivity index (χ1v) is 11.1. The highest BCUT2D eigenvalue weighted by Gasteiger charge is 2.09. The van der Waals surface area contributed by atoms with Crippen LogP contribution in [0.5, 0.6) is 0 Å². The van der Waals surface area contributed by atoms with Gasteiger partial charge in [-0.15, -0.1) is 24.0 Å². The van der Waals surface area contributed by atoms with Crippen molar-refractivity contribution in [2.45, 2.75) is 39.6 Å². The molecule has 3 N–H and O–H groups in total. The van der Waals surface area contributed by atoms with Crippen LogP contribution in [0.3, 0.4) is 0 Å². The van der Waals surface area contributed by atoms with Gasteiger partial charge in [0.05, 0.1) is 12.3 Å². The van der Waals surface area contributed by atoms with Gasteiger partial charge in [0.1, 0.15) is 0 Å².